The molecule has 0 unspecified atom stereocenters. The minimum atomic E-state index is -0.270. The summed E-state index contributed by atoms with van der Waals surface area (Å²) in [5.41, 5.74) is 3.47. The molecule has 130 valence electrons. The molecule has 0 saturated heterocycles. The summed E-state index contributed by atoms with van der Waals surface area (Å²) in [6.45, 7) is 0.355. The van der Waals surface area contributed by atoms with E-state index in [1.165, 1.54) is 12.3 Å². The van der Waals surface area contributed by atoms with E-state index >= 15 is 0 Å². The van der Waals surface area contributed by atoms with Gasteiger partial charge in [-0.1, -0.05) is 35.9 Å². The predicted octanol–water partition coefficient (Wildman–Crippen LogP) is 2.71. The standard InChI is InChI=1S/C18H18ClN3O3/c19-16-8-2-1-7-15(16)18(25)20-10-4-9-17(24)22-21-12-13-5-3-6-14(23)11-13/h1-3,5-8,11-12,23H,4,9-10H2,(H,20,25)(H,22,24). The average molecular weight is 360 g/mol. The van der Waals surface area contributed by atoms with Gasteiger partial charge in [0.2, 0.25) is 5.91 Å². The zero-order chi connectivity index (χ0) is 18.1. The fourth-order valence-corrected chi connectivity index (χ4v) is 2.25. The largest absolute Gasteiger partial charge is 0.508 e. The lowest BCUT2D eigenvalue weighted by molar-refractivity contribution is -0.121. The Labute approximate surface area is 150 Å². The Morgan fingerprint density at radius 2 is 1.96 bits per heavy atom. The van der Waals surface area contributed by atoms with Gasteiger partial charge in [-0.05, 0) is 36.2 Å². The predicted molar refractivity (Wildman–Crippen MR) is 96.9 cm³/mol. The highest BCUT2D eigenvalue weighted by atomic mass is 35.5. The third kappa shape index (κ3) is 6.27. The van der Waals surface area contributed by atoms with Gasteiger partial charge < -0.3 is 10.4 Å². The molecule has 0 heterocycles. The fourth-order valence-electron chi connectivity index (χ4n) is 2.03. The maximum absolute atomic E-state index is 11.9. The van der Waals surface area contributed by atoms with Crippen molar-refractivity contribution >= 4 is 29.6 Å². The van der Waals surface area contributed by atoms with Crippen molar-refractivity contribution in [3.63, 3.8) is 0 Å². The minimum Gasteiger partial charge on any atom is -0.508 e. The molecule has 2 aromatic rings. The van der Waals surface area contributed by atoms with Gasteiger partial charge in [0.1, 0.15) is 5.75 Å². The number of aromatic hydroxyl groups is 1. The van der Waals surface area contributed by atoms with Crippen LogP contribution in [0.15, 0.2) is 53.6 Å². The molecule has 0 aromatic heterocycles. The van der Waals surface area contributed by atoms with Crippen LogP contribution in [0.25, 0.3) is 0 Å². The number of hydrogen-bond donors (Lipinski definition) is 3. The number of nitrogens with one attached hydrogen (secondary N) is 2. The first-order chi connectivity index (χ1) is 12.1. The Hall–Kier alpha value is -2.86. The van der Waals surface area contributed by atoms with Gasteiger partial charge in [0.05, 0.1) is 16.8 Å². The highest BCUT2D eigenvalue weighted by molar-refractivity contribution is 6.33. The van der Waals surface area contributed by atoms with Crippen LogP contribution in [0, 0.1) is 0 Å². The van der Waals surface area contributed by atoms with E-state index in [1.54, 1.807) is 42.5 Å². The molecule has 0 atom stereocenters. The van der Waals surface area contributed by atoms with Crippen molar-refractivity contribution < 1.29 is 14.7 Å². The zero-order valence-electron chi connectivity index (χ0n) is 13.4. The van der Waals surface area contributed by atoms with Crippen LogP contribution in [0.3, 0.4) is 0 Å². The highest BCUT2D eigenvalue weighted by Gasteiger charge is 2.08. The van der Waals surface area contributed by atoms with Crippen molar-refractivity contribution in [1.29, 1.82) is 0 Å². The van der Waals surface area contributed by atoms with Gasteiger partial charge in [-0.25, -0.2) is 5.43 Å². The van der Waals surface area contributed by atoms with Gasteiger partial charge in [0, 0.05) is 13.0 Å². The van der Waals surface area contributed by atoms with Crippen LogP contribution in [0.2, 0.25) is 5.02 Å². The number of hydrazone groups is 1. The summed E-state index contributed by atoms with van der Waals surface area (Å²) in [4.78, 5) is 23.6. The number of carbonyl (C=O) groups is 2. The molecule has 0 aliphatic rings. The normalized spacial score (nSPS) is 10.6. The van der Waals surface area contributed by atoms with E-state index in [9.17, 15) is 14.7 Å². The number of phenolic OH excluding ortho intramolecular Hbond substituents is 1. The van der Waals surface area contributed by atoms with E-state index in [4.69, 9.17) is 11.6 Å². The Balaban J connectivity index is 1.67. The second-order valence-electron chi connectivity index (χ2n) is 5.23. The molecule has 0 aliphatic heterocycles. The summed E-state index contributed by atoms with van der Waals surface area (Å²) in [5.74, 6) is -0.402. The van der Waals surface area contributed by atoms with Crippen LogP contribution in [0.1, 0.15) is 28.8 Å². The Morgan fingerprint density at radius 1 is 1.16 bits per heavy atom. The van der Waals surface area contributed by atoms with E-state index in [0.717, 1.165) is 0 Å². The fraction of sp³-hybridized carbons (Fsp3) is 0.167. The molecule has 6 nitrogen and oxygen atoms in total. The summed E-state index contributed by atoms with van der Waals surface area (Å²) >= 11 is 5.94. The molecule has 0 fully saturated rings. The van der Waals surface area contributed by atoms with Crippen LogP contribution >= 0.6 is 11.6 Å². The quantitative estimate of drug-likeness (QED) is 0.403. The van der Waals surface area contributed by atoms with Gasteiger partial charge in [0.25, 0.3) is 5.91 Å². The van der Waals surface area contributed by atoms with E-state index in [-0.39, 0.29) is 24.0 Å². The van der Waals surface area contributed by atoms with E-state index in [2.05, 4.69) is 15.8 Å². The van der Waals surface area contributed by atoms with Gasteiger partial charge in [0.15, 0.2) is 0 Å². The average Bonchev–Trinajstić information content (AvgIpc) is 2.59. The van der Waals surface area contributed by atoms with Crippen molar-refractivity contribution in [2.24, 2.45) is 5.10 Å². The Bertz CT molecular complexity index is 778. The zero-order valence-corrected chi connectivity index (χ0v) is 14.2. The number of hydrogen-bond acceptors (Lipinski definition) is 4. The van der Waals surface area contributed by atoms with Crippen LogP contribution in [-0.4, -0.2) is 29.7 Å². The molecule has 2 amide bonds. The molecule has 7 heteroatoms. The second-order valence-corrected chi connectivity index (χ2v) is 5.63. The van der Waals surface area contributed by atoms with Gasteiger partial charge >= 0.3 is 0 Å². The molecule has 0 aliphatic carbocycles. The number of carbonyl (C=O) groups excluding carboxylic acids is 2. The lowest BCUT2D eigenvalue weighted by Crippen LogP contribution is -2.26. The lowest BCUT2D eigenvalue weighted by atomic mass is 10.2. The third-order valence-corrected chi connectivity index (χ3v) is 3.59. The summed E-state index contributed by atoms with van der Waals surface area (Å²) in [5, 5.41) is 16.2. The number of benzene rings is 2. The third-order valence-electron chi connectivity index (χ3n) is 3.26. The van der Waals surface area contributed by atoms with Crippen LogP contribution < -0.4 is 10.7 Å². The lowest BCUT2D eigenvalue weighted by Gasteiger charge is -2.06. The number of rotatable bonds is 7. The van der Waals surface area contributed by atoms with Crippen molar-refractivity contribution in [2.45, 2.75) is 12.8 Å². The summed E-state index contributed by atoms with van der Waals surface area (Å²) in [6.07, 6.45) is 2.14. The molecule has 2 rings (SSSR count). The monoisotopic (exact) mass is 359 g/mol. The molecule has 0 spiro atoms. The van der Waals surface area contributed by atoms with Crippen LogP contribution in [0.4, 0.5) is 0 Å². The number of nitrogens with zero attached hydrogens (tertiary/aromatic N) is 1. The smallest absolute Gasteiger partial charge is 0.252 e. The maximum atomic E-state index is 11.9. The summed E-state index contributed by atoms with van der Waals surface area (Å²) in [6, 6.07) is 13.3. The molecular formula is C18H18ClN3O3. The SMILES string of the molecule is O=C(CCCNC(=O)c1ccccc1Cl)NN=Cc1cccc(O)c1. The first kappa shape index (κ1) is 18.5. The molecule has 0 radical (unpaired) electrons. The van der Waals surface area contributed by atoms with Crippen molar-refractivity contribution in [3.05, 3.63) is 64.7 Å². The van der Waals surface area contributed by atoms with Crippen LogP contribution in [-0.2, 0) is 4.79 Å². The van der Waals surface area contributed by atoms with Crippen LogP contribution in [0.5, 0.6) is 5.75 Å². The Kier molecular flexibility index (Phi) is 6.98. The molecule has 0 bridgehead atoms. The molecule has 2 aromatic carbocycles. The van der Waals surface area contributed by atoms with E-state index < -0.39 is 0 Å². The van der Waals surface area contributed by atoms with E-state index in [0.29, 0.717) is 29.1 Å². The van der Waals surface area contributed by atoms with E-state index in [1.807, 2.05) is 0 Å². The van der Waals surface area contributed by atoms with Gasteiger partial charge in [-0.2, -0.15) is 5.10 Å². The topological polar surface area (TPSA) is 90.8 Å². The first-order valence-corrected chi connectivity index (χ1v) is 8.08. The van der Waals surface area contributed by atoms with Crippen molar-refractivity contribution in [2.75, 3.05) is 6.54 Å². The molecular weight excluding hydrogens is 342 g/mol. The number of halogens is 1. The summed E-state index contributed by atoms with van der Waals surface area (Å²) < 4.78 is 0. The molecule has 25 heavy (non-hydrogen) atoms. The molecule has 0 saturated carbocycles. The minimum absolute atomic E-state index is 0.129. The highest BCUT2D eigenvalue weighted by Crippen LogP contribution is 2.14. The van der Waals surface area contributed by atoms with Crippen molar-refractivity contribution in [3.8, 4) is 5.75 Å². The number of phenols is 1. The Morgan fingerprint density at radius 3 is 2.72 bits per heavy atom. The van der Waals surface area contributed by atoms with Crippen molar-refractivity contribution in [1.82, 2.24) is 10.7 Å². The molecule has 3 N–H and O–H groups in total. The van der Waals surface area contributed by atoms with Gasteiger partial charge in [-0.3, -0.25) is 9.59 Å². The maximum Gasteiger partial charge on any atom is 0.252 e. The summed E-state index contributed by atoms with van der Waals surface area (Å²) in [7, 11) is 0. The van der Waals surface area contributed by atoms with Gasteiger partial charge in [-0.15, -0.1) is 0 Å². The first-order valence-electron chi connectivity index (χ1n) is 7.70. The second kappa shape index (κ2) is 9.44. The number of amides is 2.